The number of nitrogens with zero attached hydrogens (tertiary/aromatic N) is 2. The fourth-order valence-electron chi connectivity index (χ4n) is 2.62. The molecule has 0 spiro atoms. The second-order valence-corrected chi connectivity index (χ2v) is 5.19. The van der Waals surface area contributed by atoms with Gasteiger partial charge in [0.1, 0.15) is 5.82 Å². The quantitative estimate of drug-likeness (QED) is 0.894. The van der Waals surface area contributed by atoms with E-state index < -0.39 is 0 Å². The van der Waals surface area contributed by atoms with Gasteiger partial charge >= 0.3 is 0 Å². The van der Waals surface area contributed by atoms with Crippen molar-refractivity contribution >= 4 is 5.82 Å². The Kier molecular flexibility index (Phi) is 4.23. The third-order valence-corrected chi connectivity index (χ3v) is 3.73. The smallest absolute Gasteiger partial charge is 0.126 e. The molecule has 4 nitrogen and oxygen atoms in total. The number of nitrogens with one attached hydrogen (secondary N) is 2. The molecule has 0 aromatic carbocycles. The molecule has 1 aliphatic heterocycles. The van der Waals surface area contributed by atoms with Gasteiger partial charge < -0.3 is 10.6 Å². The van der Waals surface area contributed by atoms with Crippen LogP contribution >= 0.6 is 0 Å². The van der Waals surface area contributed by atoms with E-state index in [1.807, 2.05) is 30.6 Å². The molecule has 0 amide bonds. The zero-order valence-electron chi connectivity index (χ0n) is 11.5. The number of piperidine rings is 1. The molecule has 2 aromatic heterocycles. The summed E-state index contributed by atoms with van der Waals surface area (Å²) in [5, 5.41) is 6.81. The van der Waals surface area contributed by atoms with E-state index in [9.17, 15) is 0 Å². The van der Waals surface area contributed by atoms with Crippen LogP contribution in [0.5, 0.6) is 0 Å². The average Bonchev–Trinajstić information content (AvgIpc) is 2.55. The molecule has 1 atom stereocenters. The maximum Gasteiger partial charge on any atom is 0.126 e. The van der Waals surface area contributed by atoms with Crippen LogP contribution in [0, 0.1) is 0 Å². The third-order valence-electron chi connectivity index (χ3n) is 3.73. The molecule has 3 heterocycles. The van der Waals surface area contributed by atoms with Gasteiger partial charge in [0.15, 0.2) is 0 Å². The Bertz CT molecular complexity index is 535. The normalized spacial score (nSPS) is 18.7. The van der Waals surface area contributed by atoms with E-state index in [0.717, 1.165) is 24.6 Å². The first-order chi connectivity index (χ1) is 9.92. The highest BCUT2D eigenvalue weighted by atomic mass is 15.0. The molecule has 1 unspecified atom stereocenters. The van der Waals surface area contributed by atoms with Crippen molar-refractivity contribution in [1.82, 2.24) is 15.3 Å². The Labute approximate surface area is 119 Å². The summed E-state index contributed by atoms with van der Waals surface area (Å²) in [5.41, 5.74) is 2.40. The molecule has 0 saturated carbocycles. The molecule has 2 aromatic rings. The van der Waals surface area contributed by atoms with Crippen LogP contribution in [0.15, 0.2) is 42.7 Å². The molecular formula is C16H20N4. The van der Waals surface area contributed by atoms with Gasteiger partial charge in [-0.1, -0.05) is 6.07 Å². The maximum absolute atomic E-state index is 4.39. The van der Waals surface area contributed by atoms with Crippen molar-refractivity contribution in [1.29, 1.82) is 0 Å². The van der Waals surface area contributed by atoms with Crippen molar-refractivity contribution in [2.75, 3.05) is 18.4 Å². The maximum atomic E-state index is 4.39. The largest absolute Gasteiger partial charge is 0.364 e. The highest BCUT2D eigenvalue weighted by molar-refractivity contribution is 5.39. The number of rotatable bonds is 4. The Morgan fingerprint density at radius 1 is 1.20 bits per heavy atom. The number of pyridine rings is 2. The SMILES string of the molecule is c1ccc(CNc2cc(C3CCCNC3)ccn2)nc1. The summed E-state index contributed by atoms with van der Waals surface area (Å²) in [4.78, 5) is 8.70. The highest BCUT2D eigenvalue weighted by Crippen LogP contribution is 2.24. The summed E-state index contributed by atoms with van der Waals surface area (Å²) in [5.74, 6) is 1.54. The molecule has 0 radical (unpaired) electrons. The van der Waals surface area contributed by atoms with Crippen LogP contribution in [0.2, 0.25) is 0 Å². The molecule has 1 aliphatic rings. The van der Waals surface area contributed by atoms with Crippen LogP contribution in [0.4, 0.5) is 5.82 Å². The molecule has 1 saturated heterocycles. The fraction of sp³-hybridized carbons (Fsp3) is 0.375. The standard InChI is InChI=1S/C16H20N4/c1-2-8-18-15(5-1)12-20-16-10-13(6-9-19-16)14-4-3-7-17-11-14/h1-2,5-6,8-10,14,17H,3-4,7,11-12H2,(H,19,20). The first kappa shape index (κ1) is 13.1. The predicted octanol–water partition coefficient (Wildman–Crippen LogP) is 2.56. The lowest BCUT2D eigenvalue weighted by molar-refractivity contribution is 0.461. The van der Waals surface area contributed by atoms with Crippen molar-refractivity contribution in [2.45, 2.75) is 25.3 Å². The summed E-state index contributed by atoms with van der Waals surface area (Å²) in [6, 6.07) is 10.2. The Morgan fingerprint density at radius 2 is 2.20 bits per heavy atom. The van der Waals surface area contributed by atoms with Gasteiger partial charge in [0.05, 0.1) is 12.2 Å². The van der Waals surface area contributed by atoms with Gasteiger partial charge in [0.2, 0.25) is 0 Å². The van der Waals surface area contributed by atoms with Crippen molar-refractivity contribution < 1.29 is 0 Å². The number of anilines is 1. The molecular weight excluding hydrogens is 248 g/mol. The van der Waals surface area contributed by atoms with Gasteiger partial charge in [-0.15, -0.1) is 0 Å². The van der Waals surface area contributed by atoms with Gasteiger partial charge in [0, 0.05) is 18.9 Å². The summed E-state index contributed by atoms with van der Waals surface area (Å²) in [6.07, 6.45) is 6.22. The van der Waals surface area contributed by atoms with Gasteiger partial charge in [-0.25, -0.2) is 4.98 Å². The molecule has 0 aliphatic carbocycles. The van der Waals surface area contributed by atoms with Crippen LogP contribution in [-0.2, 0) is 6.54 Å². The second-order valence-electron chi connectivity index (χ2n) is 5.19. The number of hydrogen-bond donors (Lipinski definition) is 2. The monoisotopic (exact) mass is 268 g/mol. The lowest BCUT2D eigenvalue weighted by atomic mass is 9.92. The van der Waals surface area contributed by atoms with Crippen molar-refractivity contribution in [3.8, 4) is 0 Å². The zero-order valence-corrected chi connectivity index (χ0v) is 11.5. The van der Waals surface area contributed by atoms with E-state index >= 15 is 0 Å². The van der Waals surface area contributed by atoms with Gasteiger partial charge in [-0.2, -0.15) is 0 Å². The van der Waals surface area contributed by atoms with E-state index in [4.69, 9.17) is 0 Å². The van der Waals surface area contributed by atoms with Gasteiger partial charge in [0.25, 0.3) is 0 Å². The summed E-state index contributed by atoms with van der Waals surface area (Å²) in [7, 11) is 0. The second kappa shape index (κ2) is 6.48. The Balaban J connectivity index is 1.65. The van der Waals surface area contributed by atoms with Crippen LogP contribution in [-0.4, -0.2) is 23.1 Å². The Hall–Kier alpha value is -1.94. The Morgan fingerprint density at radius 3 is 3.00 bits per heavy atom. The van der Waals surface area contributed by atoms with Crippen LogP contribution in [0.25, 0.3) is 0 Å². The van der Waals surface area contributed by atoms with E-state index in [-0.39, 0.29) is 0 Å². The molecule has 104 valence electrons. The molecule has 4 heteroatoms. The van der Waals surface area contributed by atoms with Crippen LogP contribution in [0.3, 0.4) is 0 Å². The van der Waals surface area contributed by atoms with Gasteiger partial charge in [-0.3, -0.25) is 4.98 Å². The van der Waals surface area contributed by atoms with E-state index in [1.165, 1.54) is 18.4 Å². The minimum atomic E-state index is 0.613. The predicted molar refractivity (Wildman–Crippen MR) is 80.6 cm³/mol. The first-order valence-electron chi connectivity index (χ1n) is 7.22. The molecule has 3 rings (SSSR count). The molecule has 1 fully saturated rings. The molecule has 2 N–H and O–H groups in total. The van der Waals surface area contributed by atoms with Crippen LogP contribution in [0.1, 0.15) is 30.0 Å². The van der Waals surface area contributed by atoms with E-state index in [0.29, 0.717) is 12.5 Å². The minimum Gasteiger partial charge on any atom is -0.364 e. The molecule has 20 heavy (non-hydrogen) atoms. The van der Waals surface area contributed by atoms with E-state index in [2.05, 4.69) is 32.7 Å². The average molecular weight is 268 g/mol. The van der Waals surface area contributed by atoms with Crippen molar-refractivity contribution in [2.24, 2.45) is 0 Å². The minimum absolute atomic E-state index is 0.613. The third kappa shape index (κ3) is 3.33. The number of hydrogen-bond acceptors (Lipinski definition) is 4. The topological polar surface area (TPSA) is 49.8 Å². The highest BCUT2D eigenvalue weighted by Gasteiger charge is 2.15. The van der Waals surface area contributed by atoms with Crippen molar-refractivity contribution in [3.05, 3.63) is 54.0 Å². The molecule has 0 bridgehead atoms. The fourth-order valence-corrected chi connectivity index (χ4v) is 2.62. The summed E-state index contributed by atoms with van der Waals surface area (Å²) in [6.45, 7) is 2.93. The lowest BCUT2D eigenvalue weighted by Gasteiger charge is -2.23. The number of aromatic nitrogens is 2. The van der Waals surface area contributed by atoms with E-state index in [1.54, 1.807) is 0 Å². The van der Waals surface area contributed by atoms with Gasteiger partial charge in [-0.05, 0) is 55.1 Å². The van der Waals surface area contributed by atoms with Crippen molar-refractivity contribution in [3.63, 3.8) is 0 Å². The first-order valence-corrected chi connectivity index (χ1v) is 7.22. The van der Waals surface area contributed by atoms with Crippen LogP contribution < -0.4 is 10.6 Å². The zero-order chi connectivity index (χ0) is 13.6. The lowest BCUT2D eigenvalue weighted by Crippen LogP contribution is -2.28. The summed E-state index contributed by atoms with van der Waals surface area (Å²) < 4.78 is 0. The summed E-state index contributed by atoms with van der Waals surface area (Å²) >= 11 is 0.